The van der Waals surface area contributed by atoms with Crippen LogP contribution in [0.15, 0.2) is 53.1 Å². The van der Waals surface area contributed by atoms with Gasteiger partial charge in [0.15, 0.2) is 0 Å². The van der Waals surface area contributed by atoms with Crippen LogP contribution in [0.3, 0.4) is 0 Å². The van der Waals surface area contributed by atoms with Crippen LogP contribution in [-0.4, -0.2) is 34.0 Å². The maximum Gasteiger partial charge on any atom is 0.359 e. The lowest BCUT2D eigenvalue weighted by molar-refractivity contribution is 0.0695. The van der Waals surface area contributed by atoms with Crippen molar-refractivity contribution in [3.8, 4) is 11.8 Å². The smallest absolute Gasteiger partial charge is 0.359 e. The molecule has 0 N–H and O–H groups in total. The van der Waals surface area contributed by atoms with Crippen LogP contribution in [0.1, 0.15) is 35.0 Å². The molecule has 1 aromatic heterocycles. The Hall–Kier alpha value is -2.93. The monoisotopic (exact) mass is 401 g/mol. The molecule has 1 unspecified atom stereocenters. The summed E-state index contributed by atoms with van der Waals surface area (Å²) in [5.41, 5.74) is 0.589. The van der Waals surface area contributed by atoms with Gasteiger partial charge in [0.25, 0.3) is 5.91 Å². The van der Waals surface area contributed by atoms with Crippen LogP contribution in [0.4, 0.5) is 4.39 Å². The summed E-state index contributed by atoms with van der Waals surface area (Å²) in [6, 6.07) is 12.5. The van der Waals surface area contributed by atoms with Gasteiger partial charge in [0.1, 0.15) is 11.6 Å². The second-order valence-corrected chi connectivity index (χ2v) is 7.01. The van der Waals surface area contributed by atoms with Gasteiger partial charge in [-0.25, -0.2) is 4.39 Å². The van der Waals surface area contributed by atoms with Crippen LogP contribution >= 0.6 is 11.6 Å². The van der Waals surface area contributed by atoms with Gasteiger partial charge in [-0.05, 0) is 54.4 Å². The minimum atomic E-state index is -0.412. The number of halogens is 2. The van der Waals surface area contributed by atoms with Crippen molar-refractivity contribution in [3.63, 3.8) is 0 Å². The summed E-state index contributed by atoms with van der Waals surface area (Å²) in [6.45, 7) is 1.14. The topological polar surface area (TPSA) is 68.5 Å². The van der Waals surface area contributed by atoms with E-state index in [4.69, 9.17) is 20.9 Å². The zero-order chi connectivity index (χ0) is 19.5. The van der Waals surface area contributed by atoms with Gasteiger partial charge in [0.2, 0.25) is 5.89 Å². The highest BCUT2D eigenvalue weighted by Crippen LogP contribution is 2.29. The first-order chi connectivity index (χ1) is 13.6. The number of piperidine rings is 1. The van der Waals surface area contributed by atoms with E-state index in [0.717, 1.165) is 12.8 Å². The van der Waals surface area contributed by atoms with E-state index in [1.165, 1.54) is 18.2 Å². The maximum atomic E-state index is 13.3. The maximum absolute atomic E-state index is 13.3. The zero-order valence-corrected chi connectivity index (χ0v) is 15.6. The second kappa shape index (κ2) is 7.98. The van der Waals surface area contributed by atoms with Crippen LogP contribution < -0.4 is 4.74 Å². The van der Waals surface area contributed by atoms with Crippen molar-refractivity contribution in [1.29, 1.82) is 0 Å². The lowest BCUT2D eigenvalue weighted by atomic mass is 9.97. The number of hydrogen-bond acceptors (Lipinski definition) is 5. The van der Waals surface area contributed by atoms with E-state index in [0.29, 0.717) is 29.6 Å². The third-order valence-electron chi connectivity index (χ3n) is 4.58. The Morgan fingerprint density at radius 3 is 2.86 bits per heavy atom. The van der Waals surface area contributed by atoms with E-state index in [1.807, 2.05) is 0 Å². The van der Waals surface area contributed by atoms with Crippen molar-refractivity contribution in [2.45, 2.75) is 18.8 Å². The fourth-order valence-corrected chi connectivity index (χ4v) is 3.33. The number of benzene rings is 2. The van der Waals surface area contributed by atoms with Crippen LogP contribution in [0, 0.1) is 5.82 Å². The number of carbonyl (C=O) groups is 1. The number of ether oxygens (including phenoxy) is 1. The zero-order valence-electron chi connectivity index (χ0n) is 14.8. The summed E-state index contributed by atoms with van der Waals surface area (Å²) < 4.78 is 24.0. The number of carbonyl (C=O) groups excluding carboxylic acids is 1. The molecule has 1 atom stereocenters. The van der Waals surface area contributed by atoms with E-state index in [-0.39, 0.29) is 23.6 Å². The normalized spacial score (nSPS) is 16.8. The first kappa shape index (κ1) is 18.4. The molecule has 28 heavy (non-hydrogen) atoms. The quantitative estimate of drug-likeness (QED) is 0.635. The molecule has 0 saturated carbocycles. The molecule has 3 aromatic rings. The molecule has 144 valence electrons. The van der Waals surface area contributed by atoms with Gasteiger partial charge in [-0.3, -0.25) is 4.79 Å². The van der Waals surface area contributed by atoms with E-state index in [2.05, 4.69) is 10.1 Å². The highest BCUT2D eigenvalue weighted by Gasteiger charge is 2.29. The third kappa shape index (κ3) is 4.14. The molecular formula is C20H17ClFN3O3. The summed E-state index contributed by atoms with van der Waals surface area (Å²) >= 11 is 5.89. The van der Waals surface area contributed by atoms with Crippen molar-refractivity contribution in [3.05, 3.63) is 70.8 Å². The Labute approximate surface area is 165 Å². The first-order valence-corrected chi connectivity index (χ1v) is 9.28. The number of likely N-dealkylation sites (tertiary alicyclic amines) is 1. The number of amides is 1. The summed E-state index contributed by atoms with van der Waals surface area (Å²) in [6.07, 6.45) is 1.65. The minimum Gasteiger partial charge on any atom is -0.422 e. The minimum absolute atomic E-state index is 0.0155. The average molecular weight is 402 g/mol. The fraction of sp³-hybridized carbons (Fsp3) is 0.250. The summed E-state index contributed by atoms with van der Waals surface area (Å²) in [5.74, 6) is 0.139. The molecule has 1 fully saturated rings. The van der Waals surface area contributed by atoms with Crippen molar-refractivity contribution in [2.75, 3.05) is 13.1 Å². The van der Waals surface area contributed by atoms with E-state index in [1.54, 1.807) is 35.2 Å². The highest BCUT2D eigenvalue weighted by molar-refractivity contribution is 6.30. The molecule has 0 aliphatic carbocycles. The molecule has 1 amide bonds. The predicted molar refractivity (Wildman–Crippen MR) is 100 cm³/mol. The lowest BCUT2D eigenvalue weighted by Crippen LogP contribution is -2.39. The molecule has 0 bridgehead atoms. The van der Waals surface area contributed by atoms with Gasteiger partial charge in [-0.1, -0.05) is 17.7 Å². The Balaban J connectivity index is 1.44. The van der Waals surface area contributed by atoms with Gasteiger partial charge in [0.05, 0.1) is 5.92 Å². The van der Waals surface area contributed by atoms with E-state index in [9.17, 15) is 9.18 Å². The van der Waals surface area contributed by atoms with Gasteiger partial charge in [0, 0.05) is 29.7 Å². The molecule has 6 nitrogen and oxygen atoms in total. The number of hydrogen-bond donors (Lipinski definition) is 0. The Morgan fingerprint density at radius 2 is 2.07 bits per heavy atom. The Kier molecular flexibility index (Phi) is 5.25. The number of nitrogens with zero attached hydrogens (tertiary/aromatic N) is 3. The Bertz CT molecular complexity index is 977. The molecule has 1 saturated heterocycles. The van der Waals surface area contributed by atoms with Crippen molar-refractivity contribution < 1.29 is 18.4 Å². The predicted octanol–water partition coefficient (Wildman–Crippen LogP) is 4.67. The standard InChI is InChI=1S/C20H17ClFN3O3/c21-15-8-6-13(7-9-15)19(26)25-10-2-3-14(12-25)18-23-20(24-28-18)27-17-5-1-4-16(22)11-17/h1,4-9,11,14H,2-3,10,12H2. The highest BCUT2D eigenvalue weighted by atomic mass is 35.5. The molecule has 1 aliphatic heterocycles. The summed E-state index contributed by atoms with van der Waals surface area (Å²) in [4.78, 5) is 18.8. The molecule has 0 spiro atoms. The molecule has 2 heterocycles. The molecule has 2 aromatic carbocycles. The molecule has 1 aliphatic rings. The van der Waals surface area contributed by atoms with Gasteiger partial charge in [-0.2, -0.15) is 4.98 Å². The number of aromatic nitrogens is 2. The van der Waals surface area contributed by atoms with E-state index >= 15 is 0 Å². The largest absolute Gasteiger partial charge is 0.422 e. The van der Waals surface area contributed by atoms with Crippen LogP contribution in [0.5, 0.6) is 11.8 Å². The lowest BCUT2D eigenvalue weighted by Gasteiger charge is -2.31. The van der Waals surface area contributed by atoms with Crippen molar-refractivity contribution in [2.24, 2.45) is 0 Å². The molecule has 8 heteroatoms. The summed E-state index contributed by atoms with van der Waals surface area (Å²) in [5, 5.41) is 4.39. The molecule has 4 rings (SSSR count). The molecule has 0 radical (unpaired) electrons. The van der Waals surface area contributed by atoms with Crippen LogP contribution in [-0.2, 0) is 0 Å². The summed E-state index contributed by atoms with van der Waals surface area (Å²) in [7, 11) is 0. The van der Waals surface area contributed by atoms with Gasteiger partial charge >= 0.3 is 6.01 Å². The van der Waals surface area contributed by atoms with Crippen LogP contribution in [0.25, 0.3) is 0 Å². The van der Waals surface area contributed by atoms with Crippen molar-refractivity contribution >= 4 is 17.5 Å². The SMILES string of the molecule is O=C(c1ccc(Cl)cc1)N1CCCC(c2nc(Oc3cccc(F)c3)no2)C1. The van der Waals surface area contributed by atoms with Gasteiger partial charge < -0.3 is 14.2 Å². The van der Waals surface area contributed by atoms with Crippen molar-refractivity contribution in [1.82, 2.24) is 15.0 Å². The Morgan fingerprint density at radius 1 is 1.25 bits per heavy atom. The van der Waals surface area contributed by atoms with Gasteiger partial charge in [-0.15, -0.1) is 0 Å². The second-order valence-electron chi connectivity index (χ2n) is 6.57. The number of rotatable bonds is 4. The van der Waals surface area contributed by atoms with E-state index < -0.39 is 5.82 Å². The third-order valence-corrected chi connectivity index (χ3v) is 4.83. The first-order valence-electron chi connectivity index (χ1n) is 8.90. The molecular weight excluding hydrogens is 385 g/mol. The fourth-order valence-electron chi connectivity index (χ4n) is 3.20. The van der Waals surface area contributed by atoms with Crippen LogP contribution in [0.2, 0.25) is 5.02 Å². The average Bonchev–Trinajstić information content (AvgIpc) is 3.17.